The molecule has 0 bridgehead atoms. The second-order valence-corrected chi connectivity index (χ2v) is 3.79. The number of carbonyl (C=O) groups excluding carboxylic acids is 2. The monoisotopic (exact) mass is 203 g/mol. The third kappa shape index (κ3) is 2.50. The zero-order valence-corrected chi connectivity index (χ0v) is 8.48. The van der Waals surface area contributed by atoms with Gasteiger partial charge in [-0.1, -0.05) is 30.3 Å². The lowest BCUT2D eigenvalue weighted by molar-refractivity contribution is -0.139. The lowest BCUT2D eigenvalue weighted by atomic mass is 10.1. The van der Waals surface area contributed by atoms with Crippen LogP contribution in [0.3, 0.4) is 0 Å². The third-order valence-electron chi connectivity index (χ3n) is 2.58. The number of hydrogen-bond acceptors (Lipinski definition) is 3. The zero-order chi connectivity index (χ0) is 10.7. The number of ketones is 2. The summed E-state index contributed by atoms with van der Waals surface area (Å²) in [7, 11) is 0. The Balaban J connectivity index is 1.97. The van der Waals surface area contributed by atoms with E-state index in [9.17, 15) is 9.59 Å². The molecule has 1 aliphatic heterocycles. The van der Waals surface area contributed by atoms with Crippen LogP contribution in [-0.4, -0.2) is 29.6 Å². The van der Waals surface area contributed by atoms with E-state index >= 15 is 0 Å². The highest BCUT2D eigenvalue weighted by atomic mass is 16.2. The van der Waals surface area contributed by atoms with Crippen molar-refractivity contribution in [2.75, 3.05) is 13.1 Å². The van der Waals surface area contributed by atoms with Crippen LogP contribution in [-0.2, 0) is 16.1 Å². The molecule has 1 aliphatic rings. The van der Waals surface area contributed by atoms with Crippen molar-refractivity contribution >= 4 is 11.6 Å². The Hall–Kier alpha value is -1.48. The third-order valence-corrected chi connectivity index (χ3v) is 2.58. The predicted molar refractivity (Wildman–Crippen MR) is 56.4 cm³/mol. The van der Waals surface area contributed by atoms with Crippen LogP contribution in [0.15, 0.2) is 30.3 Å². The van der Waals surface area contributed by atoms with Crippen molar-refractivity contribution in [3.05, 3.63) is 35.9 Å². The van der Waals surface area contributed by atoms with Gasteiger partial charge >= 0.3 is 0 Å². The Morgan fingerprint density at radius 3 is 2.47 bits per heavy atom. The van der Waals surface area contributed by atoms with Crippen molar-refractivity contribution in [3.8, 4) is 0 Å². The van der Waals surface area contributed by atoms with Gasteiger partial charge in [-0.25, -0.2) is 0 Å². The first-order valence-electron chi connectivity index (χ1n) is 5.08. The van der Waals surface area contributed by atoms with Gasteiger partial charge < -0.3 is 0 Å². The number of benzene rings is 1. The summed E-state index contributed by atoms with van der Waals surface area (Å²) in [6, 6.07) is 9.98. The average molecular weight is 203 g/mol. The molecule has 0 spiro atoms. The van der Waals surface area contributed by atoms with Gasteiger partial charge in [0.2, 0.25) is 11.6 Å². The van der Waals surface area contributed by atoms with E-state index in [-0.39, 0.29) is 18.1 Å². The van der Waals surface area contributed by atoms with Crippen LogP contribution >= 0.6 is 0 Å². The molecular weight excluding hydrogens is 190 g/mol. The molecule has 0 unspecified atom stereocenters. The van der Waals surface area contributed by atoms with Gasteiger partial charge in [0.15, 0.2) is 0 Å². The fraction of sp³-hybridized carbons (Fsp3) is 0.333. The fourth-order valence-corrected chi connectivity index (χ4v) is 1.75. The standard InChI is InChI=1S/C12H13NO2/c14-11-6-7-13(9-12(11)15)8-10-4-2-1-3-5-10/h1-5H,6-9H2. The van der Waals surface area contributed by atoms with E-state index in [1.807, 2.05) is 35.2 Å². The van der Waals surface area contributed by atoms with Gasteiger partial charge in [-0.3, -0.25) is 14.5 Å². The van der Waals surface area contributed by atoms with Gasteiger partial charge in [0.1, 0.15) is 0 Å². The minimum atomic E-state index is -0.253. The first kappa shape index (κ1) is 10.1. The van der Waals surface area contributed by atoms with Gasteiger partial charge in [-0.15, -0.1) is 0 Å². The van der Waals surface area contributed by atoms with Crippen LogP contribution in [0.25, 0.3) is 0 Å². The number of nitrogens with zero attached hydrogens (tertiary/aromatic N) is 1. The Morgan fingerprint density at radius 2 is 1.80 bits per heavy atom. The maximum atomic E-state index is 11.2. The SMILES string of the molecule is O=C1CCN(Cc2ccccc2)CC1=O. The van der Waals surface area contributed by atoms with Crippen molar-refractivity contribution in [1.82, 2.24) is 4.90 Å². The molecule has 2 rings (SSSR count). The predicted octanol–water partition coefficient (Wildman–Crippen LogP) is 1.03. The van der Waals surface area contributed by atoms with Crippen LogP contribution in [0.2, 0.25) is 0 Å². The van der Waals surface area contributed by atoms with E-state index in [1.54, 1.807) is 0 Å². The summed E-state index contributed by atoms with van der Waals surface area (Å²) in [5.74, 6) is -0.475. The highest BCUT2D eigenvalue weighted by Crippen LogP contribution is 2.08. The minimum absolute atomic E-state index is 0.223. The van der Waals surface area contributed by atoms with Crippen molar-refractivity contribution in [2.24, 2.45) is 0 Å². The maximum Gasteiger partial charge on any atom is 0.212 e. The minimum Gasteiger partial charge on any atom is -0.291 e. The number of hydrogen-bond donors (Lipinski definition) is 0. The number of carbonyl (C=O) groups is 2. The summed E-state index contributed by atoms with van der Waals surface area (Å²) in [5.41, 5.74) is 1.18. The van der Waals surface area contributed by atoms with E-state index in [0.717, 1.165) is 6.54 Å². The van der Waals surface area contributed by atoms with E-state index in [4.69, 9.17) is 0 Å². The molecule has 0 aromatic heterocycles. The smallest absolute Gasteiger partial charge is 0.212 e. The van der Waals surface area contributed by atoms with Gasteiger partial charge in [-0.05, 0) is 5.56 Å². The molecule has 0 radical (unpaired) electrons. The molecule has 78 valence electrons. The van der Waals surface area contributed by atoms with Crippen LogP contribution in [0.4, 0.5) is 0 Å². The molecule has 0 aliphatic carbocycles. The average Bonchev–Trinajstić information content (AvgIpc) is 2.25. The van der Waals surface area contributed by atoms with Gasteiger partial charge in [0, 0.05) is 19.5 Å². The molecule has 1 heterocycles. The molecular formula is C12H13NO2. The molecule has 0 saturated carbocycles. The van der Waals surface area contributed by atoms with Crippen LogP contribution < -0.4 is 0 Å². The largest absolute Gasteiger partial charge is 0.291 e. The van der Waals surface area contributed by atoms with Crippen molar-refractivity contribution < 1.29 is 9.59 Å². The summed E-state index contributed by atoms with van der Waals surface area (Å²) < 4.78 is 0. The van der Waals surface area contributed by atoms with E-state index < -0.39 is 0 Å². The maximum absolute atomic E-state index is 11.2. The molecule has 3 heteroatoms. The molecule has 0 atom stereocenters. The Bertz CT molecular complexity index is 372. The second-order valence-electron chi connectivity index (χ2n) is 3.79. The fourth-order valence-electron chi connectivity index (χ4n) is 1.75. The topological polar surface area (TPSA) is 37.4 Å². The quantitative estimate of drug-likeness (QED) is 0.674. The summed E-state index contributed by atoms with van der Waals surface area (Å²) in [6.45, 7) is 1.72. The Kier molecular flexibility index (Phi) is 2.92. The number of Topliss-reactive ketones (excluding diaryl/α,β-unsaturated/α-hetero) is 2. The molecule has 0 N–H and O–H groups in total. The lowest BCUT2D eigenvalue weighted by Crippen LogP contribution is -2.40. The summed E-state index contributed by atoms with van der Waals surface area (Å²) in [4.78, 5) is 24.2. The van der Waals surface area contributed by atoms with Crippen LogP contribution in [0.5, 0.6) is 0 Å². The lowest BCUT2D eigenvalue weighted by Gasteiger charge is -2.24. The highest BCUT2D eigenvalue weighted by molar-refractivity contribution is 6.38. The molecule has 0 amide bonds. The van der Waals surface area contributed by atoms with Crippen molar-refractivity contribution in [3.63, 3.8) is 0 Å². The first-order valence-corrected chi connectivity index (χ1v) is 5.08. The highest BCUT2D eigenvalue weighted by Gasteiger charge is 2.23. The van der Waals surface area contributed by atoms with Crippen LogP contribution in [0, 0.1) is 0 Å². The second kappa shape index (κ2) is 4.36. The van der Waals surface area contributed by atoms with Gasteiger partial charge in [-0.2, -0.15) is 0 Å². The van der Waals surface area contributed by atoms with Crippen LogP contribution in [0.1, 0.15) is 12.0 Å². The van der Waals surface area contributed by atoms with E-state index in [2.05, 4.69) is 0 Å². The summed E-state index contributed by atoms with van der Waals surface area (Å²) in [6.07, 6.45) is 0.367. The van der Waals surface area contributed by atoms with E-state index in [0.29, 0.717) is 13.0 Å². The number of rotatable bonds is 2. The van der Waals surface area contributed by atoms with Crippen molar-refractivity contribution in [2.45, 2.75) is 13.0 Å². The van der Waals surface area contributed by atoms with Crippen molar-refractivity contribution in [1.29, 1.82) is 0 Å². The Labute approximate surface area is 88.7 Å². The molecule has 1 fully saturated rings. The zero-order valence-electron chi connectivity index (χ0n) is 8.48. The molecule has 1 aromatic carbocycles. The molecule has 15 heavy (non-hydrogen) atoms. The molecule has 1 saturated heterocycles. The summed E-state index contributed by atoms with van der Waals surface area (Å²) in [5, 5.41) is 0. The molecule has 3 nitrogen and oxygen atoms in total. The summed E-state index contributed by atoms with van der Waals surface area (Å²) >= 11 is 0. The van der Waals surface area contributed by atoms with E-state index in [1.165, 1.54) is 5.56 Å². The normalized spacial score (nSPS) is 18.1. The Morgan fingerprint density at radius 1 is 1.07 bits per heavy atom. The number of piperidine rings is 1. The van der Waals surface area contributed by atoms with Gasteiger partial charge in [0.25, 0.3) is 0 Å². The number of likely N-dealkylation sites (tertiary alicyclic amines) is 1. The first-order chi connectivity index (χ1) is 7.25. The van der Waals surface area contributed by atoms with Gasteiger partial charge in [0.05, 0.1) is 6.54 Å². The molecule has 1 aromatic rings.